The zero-order chi connectivity index (χ0) is 12.0. The maximum absolute atomic E-state index is 10.2. The van der Waals surface area contributed by atoms with E-state index < -0.39 is 0 Å². The molecule has 0 saturated carbocycles. The number of amides is 1. The minimum absolute atomic E-state index is 0.200. The van der Waals surface area contributed by atoms with Crippen LogP contribution in [0.2, 0.25) is 0 Å². The van der Waals surface area contributed by atoms with Crippen LogP contribution in [0.5, 0.6) is 5.75 Å². The van der Waals surface area contributed by atoms with Gasteiger partial charge in [0.2, 0.25) is 6.41 Å². The number of benzene rings is 1. The Bertz CT molecular complexity index is 342. The number of hydrogen-bond acceptors (Lipinski definition) is 2. The van der Waals surface area contributed by atoms with Gasteiger partial charge in [0, 0.05) is 6.54 Å². The Balaban J connectivity index is 2.71. The predicted molar refractivity (Wildman–Crippen MR) is 64.6 cm³/mol. The van der Waals surface area contributed by atoms with E-state index >= 15 is 0 Å². The van der Waals surface area contributed by atoms with E-state index in [0.717, 1.165) is 17.7 Å². The van der Waals surface area contributed by atoms with E-state index in [-0.39, 0.29) is 5.60 Å². The summed E-state index contributed by atoms with van der Waals surface area (Å²) in [7, 11) is 0. The molecule has 0 aliphatic heterocycles. The first kappa shape index (κ1) is 12.6. The van der Waals surface area contributed by atoms with Crippen LogP contribution >= 0.6 is 0 Å². The van der Waals surface area contributed by atoms with Crippen LogP contribution in [-0.2, 0) is 11.2 Å². The van der Waals surface area contributed by atoms with Gasteiger partial charge in [-0.3, -0.25) is 4.79 Å². The molecule has 1 rings (SSSR count). The molecule has 0 spiro atoms. The highest BCUT2D eigenvalue weighted by Crippen LogP contribution is 2.23. The van der Waals surface area contributed by atoms with Crippen molar-refractivity contribution in [2.24, 2.45) is 0 Å². The molecule has 3 heteroatoms. The average molecular weight is 221 g/mol. The van der Waals surface area contributed by atoms with Crippen LogP contribution in [0, 0.1) is 0 Å². The predicted octanol–water partition coefficient (Wildman–Crippen LogP) is 2.15. The molecule has 0 radical (unpaired) electrons. The lowest BCUT2D eigenvalue weighted by Crippen LogP contribution is -2.24. The van der Waals surface area contributed by atoms with Crippen LogP contribution in [0.25, 0.3) is 0 Å². The lowest BCUT2D eigenvalue weighted by molar-refractivity contribution is -0.109. The third-order valence-electron chi connectivity index (χ3n) is 2.01. The summed E-state index contributed by atoms with van der Waals surface area (Å²) in [4.78, 5) is 10.2. The third kappa shape index (κ3) is 4.34. The highest BCUT2D eigenvalue weighted by Gasteiger charge is 2.13. The van der Waals surface area contributed by atoms with Crippen LogP contribution in [0.4, 0.5) is 0 Å². The fourth-order valence-corrected chi connectivity index (χ4v) is 1.41. The summed E-state index contributed by atoms with van der Waals surface area (Å²) in [6, 6.07) is 7.92. The number of hydrogen-bond donors (Lipinski definition) is 1. The zero-order valence-corrected chi connectivity index (χ0v) is 10.1. The van der Waals surface area contributed by atoms with E-state index in [1.54, 1.807) is 0 Å². The second-order valence-electron chi connectivity index (χ2n) is 4.64. The van der Waals surface area contributed by atoms with Gasteiger partial charge in [-0.25, -0.2) is 0 Å². The van der Waals surface area contributed by atoms with E-state index in [4.69, 9.17) is 4.74 Å². The summed E-state index contributed by atoms with van der Waals surface area (Å²) in [6.07, 6.45) is 1.50. The van der Waals surface area contributed by atoms with Crippen molar-refractivity contribution in [3.63, 3.8) is 0 Å². The fourth-order valence-electron chi connectivity index (χ4n) is 1.41. The molecule has 0 aliphatic carbocycles. The second kappa shape index (κ2) is 5.54. The normalized spacial score (nSPS) is 10.9. The Morgan fingerprint density at radius 2 is 2.00 bits per heavy atom. The van der Waals surface area contributed by atoms with Crippen molar-refractivity contribution >= 4 is 6.41 Å². The first-order chi connectivity index (χ1) is 7.53. The minimum atomic E-state index is -0.200. The lowest BCUT2D eigenvalue weighted by atomic mass is 10.1. The standard InChI is InChI=1S/C13H19NO2/c1-13(2,3)16-12-7-5-4-6-11(12)8-9-14-10-15/h4-7,10H,8-9H2,1-3H3,(H,14,15). The van der Waals surface area contributed by atoms with Gasteiger partial charge in [0.25, 0.3) is 0 Å². The number of ether oxygens (including phenoxy) is 1. The molecule has 1 aromatic rings. The Morgan fingerprint density at radius 1 is 1.31 bits per heavy atom. The van der Waals surface area contributed by atoms with E-state index in [1.807, 2.05) is 45.0 Å². The van der Waals surface area contributed by atoms with E-state index in [1.165, 1.54) is 0 Å². The Kier molecular flexibility index (Phi) is 4.35. The van der Waals surface area contributed by atoms with Crippen LogP contribution in [0.15, 0.2) is 24.3 Å². The molecule has 0 heterocycles. The Labute approximate surface area is 96.8 Å². The van der Waals surface area contributed by atoms with Crippen molar-refractivity contribution in [1.82, 2.24) is 5.32 Å². The van der Waals surface area contributed by atoms with Crippen LogP contribution in [0.3, 0.4) is 0 Å². The molecule has 0 unspecified atom stereocenters. The van der Waals surface area contributed by atoms with Gasteiger partial charge in [-0.05, 0) is 38.8 Å². The smallest absolute Gasteiger partial charge is 0.207 e. The van der Waals surface area contributed by atoms with E-state index in [9.17, 15) is 4.79 Å². The summed E-state index contributed by atoms with van der Waals surface area (Å²) < 4.78 is 5.85. The van der Waals surface area contributed by atoms with Crippen molar-refractivity contribution in [1.29, 1.82) is 0 Å². The van der Waals surface area contributed by atoms with Crippen molar-refractivity contribution in [2.45, 2.75) is 32.8 Å². The van der Waals surface area contributed by atoms with E-state index in [0.29, 0.717) is 13.0 Å². The van der Waals surface area contributed by atoms with Gasteiger partial charge in [0.1, 0.15) is 11.4 Å². The summed E-state index contributed by atoms with van der Waals surface area (Å²) in [6.45, 7) is 6.70. The number of carbonyl (C=O) groups excluding carboxylic acids is 1. The summed E-state index contributed by atoms with van der Waals surface area (Å²) in [5.41, 5.74) is 0.917. The maximum atomic E-state index is 10.2. The first-order valence-corrected chi connectivity index (χ1v) is 5.47. The SMILES string of the molecule is CC(C)(C)Oc1ccccc1CCNC=O. The van der Waals surface area contributed by atoms with Crippen LogP contribution in [0.1, 0.15) is 26.3 Å². The molecule has 1 N–H and O–H groups in total. The molecule has 1 amide bonds. The molecule has 0 bridgehead atoms. The molecular weight excluding hydrogens is 202 g/mol. The highest BCUT2D eigenvalue weighted by atomic mass is 16.5. The average Bonchev–Trinajstić information content (AvgIpc) is 2.19. The third-order valence-corrected chi connectivity index (χ3v) is 2.01. The van der Waals surface area contributed by atoms with Crippen molar-refractivity contribution in [2.75, 3.05) is 6.54 Å². The second-order valence-corrected chi connectivity index (χ2v) is 4.64. The molecular formula is C13H19NO2. The number of rotatable bonds is 5. The monoisotopic (exact) mass is 221 g/mol. The summed E-state index contributed by atoms with van der Waals surface area (Å²) in [5.74, 6) is 0.891. The molecule has 0 fully saturated rings. The maximum Gasteiger partial charge on any atom is 0.207 e. The van der Waals surface area contributed by atoms with Crippen molar-refractivity contribution in [3.05, 3.63) is 29.8 Å². The zero-order valence-electron chi connectivity index (χ0n) is 10.1. The number of carbonyl (C=O) groups is 1. The molecule has 0 aliphatic rings. The first-order valence-electron chi connectivity index (χ1n) is 5.47. The summed E-state index contributed by atoms with van der Waals surface area (Å²) in [5, 5.41) is 2.65. The highest BCUT2D eigenvalue weighted by molar-refractivity contribution is 5.46. The van der Waals surface area contributed by atoms with Gasteiger partial charge in [-0.15, -0.1) is 0 Å². The van der Waals surface area contributed by atoms with Gasteiger partial charge in [0.05, 0.1) is 0 Å². The molecule has 1 aromatic carbocycles. The quantitative estimate of drug-likeness (QED) is 0.611. The molecule has 0 atom stereocenters. The number of nitrogens with one attached hydrogen (secondary N) is 1. The van der Waals surface area contributed by atoms with Gasteiger partial charge in [-0.1, -0.05) is 18.2 Å². The van der Waals surface area contributed by atoms with Crippen molar-refractivity contribution in [3.8, 4) is 5.75 Å². The molecule has 3 nitrogen and oxygen atoms in total. The molecule has 88 valence electrons. The van der Waals surface area contributed by atoms with Crippen LogP contribution in [-0.4, -0.2) is 18.6 Å². The fraction of sp³-hybridized carbons (Fsp3) is 0.462. The van der Waals surface area contributed by atoms with Crippen LogP contribution < -0.4 is 10.1 Å². The van der Waals surface area contributed by atoms with E-state index in [2.05, 4.69) is 5.32 Å². The summed E-state index contributed by atoms with van der Waals surface area (Å²) >= 11 is 0. The minimum Gasteiger partial charge on any atom is -0.488 e. The largest absolute Gasteiger partial charge is 0.488 e. The Morgan fingerprint density at radius 3 is 2.62 bits per heavy atom. The lowest BCUT2D eigenvalue weighted by Gasteiger charge is -2.23. The molecule has 0 aromatic heterocycles. The van der Waals surface area contributed by atoms with Gasteiger partial charge < -0.3 is 10.1 Å². The van der Waals surface area contributed by atoms with Gasteiger partial charge in [-0.2, -0.15) is 0 Å². The van der Waals surface area contributed by atoms with Gasteiger partial charge >= 0.3 is 0 Å². The molecule has 16 heavy (non-hydrogen) atoms. The van der Waals surface area contributed by atoms with Gasteiger partial charge in [0.15, 0.2) is 0 Å². The molecule has 0 saturated heterocycles. The van der Waals surface area contributed by atoms with Crippen molar-refractivity contribution < 1.29 is 9.53 Å². The Hall–Kier alpha value is -1.51. The topological polar surface area (TPSA) is 38.3 Å². The number of para-hydroxylation sites is 1.